The van der Waals surface area contributed by atoms with Gasteiger partial charge in [0.05, 0.1) is 0 Å². The fourth-order valence-corrected chi connectivity index (χ4v) is 2.95. The molecule has 122 valence electrons. The van der Waals surface area contributed by atoms with E-state index < -0.39 is 0 Å². The van der Waals surface area contributed by atoms with Crippen molar-refractivity contribution in [3.63, 3.8) is 0 Å². The van der Waals surface area contributed by atoms with Gasteiger partial charge in [0.1, 0.15) is 18.1 Å². The second-order valence-electron chi connectivity index (χ2n) is 6.13. The minimum absolute atomic E-state index is 0.126. The zero-order valence-corrected chi connectivity index (χ0v) is 13.5. The van der Waals surface area contributed by atoms with Crippen LogP contribution in [0, 0.1) is 6.92 Å². The van der Waals surface area contributed by atoms with E-state index in [4.69, 9.17) is 9.15 Å². The van der Waals surface area contributed by atoms with Gasteiger partial charge < -0.3 is 14.5 Å². The Kier molecular flexibility index (Phi) is 5.01. The van der Waals surface area contributed by atoms with Crippen LogP contribution < -0.4 is 10.1 Å². The quantitative estimate of drug-likeness (QED) is 0.898. The zero-order chi connectivity index (χ0) is 16.1. The lowest BCUT2D eigenvalue weighted by Crippen LogP contribution is -2.35. The Morgan fingerprint density at radius 1 is 1.17 bits per heavy atom. The van der Waals surface area contributed by atoms with Crippen LogP contribution in [-0.2, 0) is 6.61 Å². The third-order valence-corrected chi connectivity index (χ3v) is 4.29. The first-order valence-electron chi connectivity index (χ1n) is 8.30. The first-order chi connectivity index (χ1) is 11.2. The van der Waals surface area contributed by atoms with Crippen molar-refractivity contribution >= 4 is 5.91 Å². The SMILES string of the molecule is Cc1ccccc1OCc1ccc(C(=O)NC2CCCCC2)o1. The van der Waals surface area contributed by atoms with Gasteiger partial charge in [0.25, 0.3) is 5.91 Å². The summed E-state index contributed by atoms with van der Waals surface area (Å²) in [6.45, 7) is 2.32. The van der Waals surface area contributed by atoms with Crippen LogP contribution in [0.25, 0.3) is 0 Å². The molecule has 0 bridgehead atoms. The molecular formula is C19H23NO3. The smallest absolute Gasteiger partial charge is 0.287 e. The van der Waals surface area contributed by atoms with Crippen LogP contribution in [0.4, 0.5) is 0 Å². The largest absolute Gasteiger partial charge is 0.485 e. The molecule has 1 saturated carbocycles. The van der Waals surface area contributed by atoms with Crippen molar-refractivity contribution in [1.29, 1.82) is 0 Å². The first-order valence-corrected chi connectivity index (χ1v) is 8.30. The van der Waals surface area contributed by atoms with Gasteiger partial charge in [-0.2, -0.15) is 0 Å². The number of hydrogen-bond donors (Lipinski definition) is 1. The van der Waals surface area contributed by atoms with E-state index in [-0.39, 0.29) is 11.9 Å². The molecule has 1 aliphatic carbocycles. The summed E-state index contributed by atoms with van der Waals surface area (Å²) < 4.78 is 11.4. The lowest BCUT2D eigenvalue weighted by Gasteiger charge is -2.22. The van der Waals surface area contributed by atoms with E-state index in [9.17, 15) is 4.79 Å². The Morgan fingerprint density at radius 3 is 2.74 bits per heavy atom. The van der Waals surface area contributed by atoms with E-state index in [2.05, 4.69) is 5.32 Å². The van der Waals surface area contributed by atoms with Gasteiger partial charge in [-0.25, -0.2) is 0 Å². The van der Waals surface area contributed by atoms with Crippen LogP contribution in [-0.4, -0.2) is 11.9 Å². The third-order valence-electron chi connectivity index (χ3n) is 4.29. The maximum atomic E-state index is 12.2. The molecule has 1 N–H and O–H groups in total. The molecule has 1 aliphatic rings. The third kappa shape index (κ3) is 4.15. The highest BCUT2D eigenvalue weighted by atomic mass is 16.5. The second-order valence-corrected chi connectivity index (χ2v) is 6.13. The van der Waals surface area contributed by atoms with Crippen LogP contribution in [0.1, 0.15) is 54.0 Å². The minimum atomic E-state index is -0.126. The lowest BCUT2D eigenvalue weighted by molar-refractivity contribution is 0.0895. The van der Waals surface area contributed by atoms with Gasteiger partial charge in [-0.3, -0.25) is 4.79 Å². The number of ether oxygens (including phenoxy) is 1. The normalized spacial score (nSPS) is 15.3. The highest BCUT2D eigenvalue weighted by Crippen LogP contribution is 2.20. The Morgan fingerprint density at radius 2 is 1.96 bits per heavy atom. The molecule has 0 atom stereocenters. The molecule has 0 aliphatic heterocycles. The standard InChI is InChI=1S/C19H23NO3/c1-14-7-5-6-10-17(14)22-13-16-11-12-18(23-16)19(21)20-15-8-3-2-4-9-15/h5-7,10-12,15H,2-4,8-9,13H2,1H3,(H,20,21). The van der Waals surface area contributed by atoms with Gasteiger partial charge >= 0.3 is 0 Å². The minimum Gasteiger partial charge on any atom is -0.485 e. The summed E-state index contributed by atoms with van der Waals surface area (Å²) in [7, 11) is 0. The van der Waals surface area contributed by atoms with Crippen molar-refractivity contribution < 1.29 is 13.9 Å². The van der Waals surface area contributed by atoms with E-state index >= 15 is 0 Å². The summed E-state index contributed by atoms with van der Waals surface area (Å²) in [5.74, 6) is 1.72. The van der Waals surface area contributed by atoms with Gasteiger partial charge in [-0.15, -0.1) is 0 Å². The number of benzene rings is 1. The molecule has 0 unspecified atom stereocenters. The van der Waals surface area contributed by atoms with Crippen LogP contribution in [0.15, 0.2) is 40.8 Å². The van der Waals surface area contributed by atoms with E-state index in [1.165, 1.54) is 19.3 Å². The molecule has 4 nitrogen and oxygen atoms in total. The van der Waals surface area contributed by atoms with E-state index in [0.29, 0.717) is 18.1 Å². The summed E-state index contributed by atoms with van der Waals surface area (Å²) in [5, 5.41) is 3.06. The van der Waals surface area contributed by atoms with Gasteiger partial charge in [0, 0.05) is 6.04 Å². The molecule has 4 heteroatoms. The predicted octanol–water partition coefficient (Wildman–Crippen LogP) is 4.23. The Hall–Kier alpha value is -2.23. The Bertz CT molecular complexity index is 656. The van der Waals surface area contributed by atoms with Gasteiger partial charge in [-0.1, -0.05) is 37.5 Å². The number of hydrogen-bond acceptors (Lipinski definition) is 3. The highest BCUT2D eigenvalue weighted by molar-refractivity contribution is 5.91. The molecular weight excluding hydrogens is 290 g/mol. The number of carbonyl (C=O) groups excluding carboxylic acids is 1. The summed E-state index contributed by atoms with van der Waals surface area (Å²) in [6, 6.07) is 11.6. The first kappa shape index (κ1) is 15.7. The van der Waals surface area contributed by atoms with Crippen molar-refractivity contribution in [2.45, 2.75) is 51.7 Å². The van der Waals surface area contributed by atoms with Crippen LogP contribution in [0.3, 0.4) is 0 Å². The van der Waals surface area contributed by atoms with Crippen molar-refractivity contribution in [3.8, 4) is 5.75 Å². The number of aryl methyl sites for hydroxylation is 1. The summed E-state index contributed by atoms with van der Waals surface area (Å²) >= 11 is 0. The molecule has 2 aromatic rings. The Labute approximate surface area is 136 Å². The molecule has 1 aromatic carbocycles. The average Bonchev–Trinajstić information content (AvgIpc) is 3.04. The van der Waals surface area contributed by atoms with E-state index in [1.54, 1.807) is 12.1 Å². The highest BCUT2D eigenvalue weighted by Gasteiger charge is 2.18. The summed E-state index contributed by atoms with van der Waals surface area (Å²) in [5.41, 5.74) is 1.08. The van der Waals surface area contributed by atoms with Crippen molar-refractivity contribution in [1.82, 2.24) is 5.32 Å². The molecule has 23 heavy (non-hydrogen) atoms. The molecule has 1 aromatic heterocycles. The molecule has 0 spiro atoms. The molecule has 3 rings (SSSR count). The number of amides is 1. The fraction of sp³-hybridized carbons (Fsp3) is 0.421. The zero-order valence-electron chi connectivity index (χ0n) is 13.5. The summed E-state index contributed by atoms with van der Waals surface area (Å²) in [4.78, 5) is 12.2. The van der Waals surface area contributed by atoms with E-state index in [0.717, 1.165) is 24.2 Å². The van der Waals surface area contributed by atoms with Gasteiger partial charge in [0.15, 0.2) is 5.76 Å². The lowest BCUT2D eigenvalue weighted by atomic mass is 9.95. The van der Waals surface area contributed by atoms with Crippen molar-refractivity contribution in [2.75, 3.05) is 0 Å². The van der Waals surface area contributed by atoms with Crippen LogP contribution in [0.5, 0.6) is 5.75 Å². The number of carbonyl (C=O) groups is 1. The monoisotopic (exact) mass is 313 g/mol. The second kappa shape index (κ2) is 7.36. The molecule has 1 fully saturated rings. The average molecular weight is 313 g/mol. The van der Waals surface area contributed by atoms with E-state index in [1.807, 2.05) is 31.2 Å². The number of para-hydroxylation sites is 1. The molecule has 0 saturated heterocycles. The number of nitrogens with one attached hydrogen (secondary N) is 1. The predicted molar refractivity (Wildman–Crippen MR) is 88.6 cm³/mol. The van der Waals surface area contributed by atoms with Gasteiger partial charge in [-0.05, 0) is 43.5 Å². The van der Waals surface area contributed by atoms with Gasteiger partial charge in [0.2, 0.25) is 0 Å². The maximum absolute atomic E-state index is 12.2. The maximum Gasteiger partial charge on any atom is 0.287 e. The molecule has 0 radical (unpaired) electrons. The number of furan rings is 1. The number of rotatable bonds is 5. The summed E-state index contributed by atoms with van der Waals surface area (Å²) in [6.07, 6.45) is 5.79. The van der Waals surface area contributed by atoms with Crippen molar-refractivity contribution in [2.24, 2.45) is 0 Å². The van der Waals surface area contributed by atoms with Crippen molar-refractivity contribution in [3.05, 3.63) is 53.5 Å². The van der Waals surface area contributed by atoms with Crippen LogP contribution >= 0.6 is 0 Å². The topological polar surface area (TPSA) is 51.5 Å². The fourth-order valence-electron chi connectivity index (χ4n) is 2.95. The Balaban J connectivity index is 1.55. The molecule has 1 heterocycles. The molecule has 1 amide bonds. The van der Waals surface area contributed by atoms with Crippen LogP contribution in [0.2, 0.25) is 0 Å².